The van der Waals surface area contributed by atoms with E-state index in [2.05, 4.69) is 172 Å². The van der Waals surface area contributed by atoms with Gasteiger partial charge in [0, 0.05) is 51.7 Å². The van der Waals surface area contributed by atoms with Crippen molar-refractivity contribution in [1.29, 1.82) is 0 Å². The third-order valence-corrected chi connectivity index (χ3v) is 17.7. The molecule has 12 aromatic rings. The summed E-state index contributed by atoms with van der Waals surface area (Å²) >= 11 is -0.0724. The molecule has 4 aromatic heterocycles. The monoisotopic (exact) mass is 1140 g/mol. The molecule has 0 aliphatic carbocycles. The molecule has 1 radical (unpaired) electrons. The number of pyridine rings is 2. The summed E-state index contributed by atoms with van der Waals surface area (Å²) in [5.74, 6) is 7.95. The fourth-order valence-corrected chi connectivity index (χ4v) is 12.3. The second-order valence-electron chi connectivity index (χ2n) is 17.6. The number of aromatic nitrogens is 4. The second-order valence-corrected chi connectivity index (χ2v) is 29.3. The zero-order valence-corrected chi connectivity index (χ0v) is 43.0. The van der Waals surface area contributed by atoms with E-state index in [1.807, 2.05) is 60.8 Å². The van der Waals surface area contributed by atoms with Crippen LogP contribution in [0.25, 0.3) is 104 Å². The van der Waals surface area contributed by atoms with Gasteiger partial charge in [0.25, 0.3) is 0 Å². The van der Waals surface area contributed by atoms with Crippen molar-refractivity contribution < 1.29 is 24.2 Å². The van der Waals surface area contributed by atoms with Gasteiger partial charge in [-0.25, -0.2) is 4.98 Å². The third kappa shape index (κ3) is 8.54. The Morgan fingerprint density at radius 2 is 1.25 bits per heavy atom. The van der Waals surface area contributed by atoms with Gasteiger partial charge >= 0.3 is 99.8 Å². The Labute approximate surface area is 422 Å². The van der Waals surface area contributed by atoms with Crippen molar-refractivity contribution in [3.8, 4) is 61.8 Å². The molecule has 7 heteroatoms. The number of nitrogens with zero attached hydrogens (tertiary/aromatic N) is 4. The molecule has 12 rings (SSSR count). The van der Waals surface area contributed by atoms with Crippen LogP contribution in [0.5, 0.6) is 0 Å². The molecule has 0 atom stereocenters. The predicted molar refractivity (Wildman–Crippen MR) is 286 cm³/mol. The molecule has 0 saturated carbocycles. The smallest absolute Gasteiger partial charge is 0 e. The molecule has 68 heavy (non-hydrogen) atoms. The molecule has 0 unspecified atom stereocenters. The molecule has 331 valence electrons. The van der Waals surface area contributed by atoms with Crippen LogP contribution in [0.4, 0.5) is 0 Å². The van der Waals surface area contributed by atoms with Crippen LogP contribution in [-0.2, 0) is 20.1 Å². The maximum Gasteiger partial charge on any atom is 0 e. The number of benzene rings is 8. The molecular formula is C61H46GeIrN4S-2. The normalized spacial score (nSPS) is 12.2. The molecule has 4 heterocycles. The first-order valence-corrected chi connectivity index (χ1v) is 30.6. The Bertz CT molecular complexity index is 3780. The summed E-state index contributed by atoms with van der Waals surface area (Å²) in [7, 11) is 0. The minimum Gasteiger partial charge on any atom is 0 e. The predicted octanol–water partition coefficient (Wildman–Crippen LogP) is 15.8. The van der Waals surface area contributed by atoms with Gasteiger partial charge in [-0.05, 0) is 40.2 Å². The molecule has 0 fully saturated rings. The number of aryl methyl sites for hydroxylation is 1. The molecule has 8 aromatic carbocycles. The van der Waals surface area contributed by atoms with Gasteiger partial charge in [0.05, 0.1) is 28.2 Å². The van der Waals surface area contributed by atoms with E-state index >= 15 is 0 Å². The molecular weight excluding hydrogens is 1090 g/mol. The number of hydrogen-bond acceptors (Lipinski definition) is 4. The number of hydrogen-bond donors (Lipinski definition) is 0. The van der Waals surface area contributed by atoms with Crippen molar-refractivity contribution in [1.82, 2.24) is 19.5 Å². The zero-order chi connectivity index (χ0) is 48.0. The van der Waals surface area contributed by atoms with E-state index in [0.29, 0.717) is 5.56 Å². The van der Waals surface area contributed by atoms with Crippen LogP contribution in [0.1, 0.15) is 9.68 Å². The van der Waals surface area contributed by atoms with E-state index in [-0.39, 0.29) is 20.1 Å². The van der Waals surface area contributed by atoms with Gasteiger partial charge in [-0.15, -0.1) is 18.2 Å². The standard InChI is InChI=1S/C47H30N3S.C14H16GeN.Ir/c1-30-26-28-33(29-27-30)43-37-19-9-8-18-36(37)42-38-22-13-23-39(45(38)51-47(42)49-43)46-48-40-24-10-11-25-41(40)50(46)44-34(31-14-4-2-5-15-31)20-12-21-35(44)32-16-6-3-7-17-32;1-15(2,3)13-9-10-14(16-11-13)12-7-5-4-6-8-12;/h2-22,24-29H,1H3;4-7,9-11H,1-3H3;/q2*-1;/i1D3;;. The van der Waals surface area contributed by atoms with E-state index in [1.165, 1.54) is 4.40 Å². The molecule has 0 spiro atoms. The topological polar surface area (TPSA) is 43.6 Å². The molecule has 0 aliphatic heterocycles. The van der Waals surface area contributed by atoms with Crippen LogP contribution in [-0.4, -0.2) is 32.8 Å². The summed E-state index contributed by atoms with van der Waals surface area (Å²) in [6.45, 7) is -2.17. The Kier molecular flexibility index (Phi) is 11.6. The number of rotatable bonds is 7. The largest absolute Gasteiger partial charge is 0 e. The van der Waals surface area contributed by atoms with Crippen LogP contribution < -0.4 is 4.40 Å². The van der Waals surface area contributed by atoms with Crippen molar-refractivity contribution in [3.05, 3.63) is 224 Å². The Hall–Kier alpha value is -6.80. The third-order valence-electron chi connectivity index (χ3n) is 12.3. The quantitative estimate of drug-likeness (QED) is 0.118. The van der Waals surface area contributed by atoms with Crippen molar-refractivity contribution in [2.45, 2.75) is 24.1 Å². The van der Waals surface area contributed by atoms with Gasteiger partial charge < -0.3 is 4.57 Å². The SMILES string of the molecule is [2H]C([2H])([2H])c1ccc(-c2nc3sc4c(-c5nc6ccccc6n5-c5c(-c6ccccc6)cccc5-c5ccccc5)[c-]ccc4c3c3ccccc23)cc1.[CH3][Ge]([CH3])([CH3])[c]1ccc(-c2[c-]cccc2)nc1.[Ir]. The molecule has 0 saturated heterocycles. The number of fused-ring (bicyclic) bond motifs is 6. The van der Waals surface area contributed by atoms with Gasteiger partial charge in [-0.3, -0.25) is 4.98 Å². The summed E-state index contributed by atoms with van der Waals surface area (Å²) in [5, 5.41) is 4.28. The van der Waals surface area contributed by atoms with Crippen LogP contribution in [0.15, 0.2) is 206 Å². The maximum atomic E-state index is 7.87. The van der Waals surface area contributed by atoms with Gasteiger partial charge in [0.1, 0.15) is 4.83 Å². The summed E-state index contributed by atoms with van der Waals surface area (Å²) < 4.78 is 28.4. The van der Waals surface area contributed by atoms with Crippen molar-refractivity contribution in [3.63, 3.8) is 0 Å². The zero-order valence-electron chi connectivity index (χ0n) is 40.7. The minimum atomic E-state index is -2.17. The number of imidazole rings is 1. The number of thiophene rings is 1. The average Bonchev–Trinajstić information content (AvgIpc) is 3.98. The van der Waals surface area contributed by atoms with Gasteiger partial charge in [-0.1, -0.05) is 156 Å². The average molecular weight is 1130 g/mol. The van der Waals surface area contributed by atoms with E-state index < -0.39 is 20.1 Å². The van der Waals surface area contributed by atoms with Crippen molar-refractivity contribution >= 4 is 71.1 Å². The first-order chi connectivity index (χ1) is 34.0. The van der Waals surface area contributed by atoms with E-state index in [4.69, 9.17) is 14.1 Å². The first kappa shape index (κ1) is 41.4. The van der Waals surface area contributed by atoms with Gasteiger partial charge in [-0.2, -0.15) is 11.3 Å². The fourth-order valence-electron chi connectivity index (χ4n) is 8.93. The minimum absolute atomic E-state index is 0. The molecule has 0 N–H and O–H groups in total. The van der Waals surface area contributed by atoms with Crippen molar-refractivity contribution in [2.24, 2.45) is 0 Å². The maximum absolute atomic E-state index is 7.87. The Morgan fingerprint density at radius 1 is 0.574 bits per heavy atom. The van der Waals surface area contributed by atoms with Crippen LogP contribution in [0.3, 0.4) is 0 Å². The molecule has 0 bridgehead atoms. The van der Waals surface area contributed by atoms with Gasteiger partial charge in [0.2, 0.25) is 0 Å². The summed E-state index contributed by atoms with van der Waals surface area (Å²) in [4.78, 5) is 16.1. The Morgan fingerprint density at radius 3 is 1.91 bits per heavy atom. The molecule has 0 aliphatic rings. The number of para-hydroxylation sites is 3. The first-order valence-electron chi connectivity index (χ1n) is 23.9. The van der Waals surface area contributed by atoms with Crippen LogP contribution in [0, 0.1) is 19.0 Å². The van der Waals surface area contributed by atoms with Crippen LogP contribution >= 0.6 is 11.3 Å². The van der Waals surface area contributed by atoms with E-state index in [0.717, 1.165) is 104 Å². The summed E-state index contributed by atoms with van der Waals surface area (Å²) in [5.41, 5.74) is 12.4. The Balaban J connectivity index is 0.000000292. The molecule has 4 nitrogen and oxygen atoms in total. The molecule has 0 amide bonds. The summed E-state index contributed by atoms with van der Waals surface area (Å²) in [6.07, 6.45) is 2.04. The van der Waals surface area contributed by atoms with Crippen molar-refractivity contribution in [2.75, 3.05) is 0 Å². The van der Waals surface area contributed by atoms with E-state index in [1.54, 1.807) is 23.5 Å². The van der Waals surface area contributed by atoms with Gasteiger partial charge in [0.15, 0.2) is 0 Å². The fraction of sp³-hybridized carbons (Fsp3) is 0.0656. The summed E-state index contributed by atoms with van der Waals surface area (Å²) in [6, 6.07) is 74.7. The van der Waals surface area contributed by atoms with Crippen LogP contribution in [0.2, 0.25) is 17.3 Å². The van der Waals surface area contributed by atoms with E-state index in [9.17, 15) is 0 Å². The second kappa shape index (κ2) is 19.1.